The maximum Gasteiger partial charge on any atom is 0.227 e. The molecule has 2 saturated heterocycles. The molecule has 2 aliphatic heterocycles. The normalized spacial score (nSPS) is 28.0. The zero-order valence-electron chi connectivity index (χ0n) is 12.2. The van der Waals surface area contributed by atoms with E-state index in [9.17, 15) is 0 Å². The van der Waals surface area contributed by atoms with E-state index in [0.717, 1.165) is 23.7 Å². The highest BCUT2D eigenvalue weighted by Gasteiger charge is 2.34. The molecular weight excluding hydrogens is 264 g/mol. The van der Waals surface area contributed by atoms with E-state index in [4.69, 9.17) is 4.52 Å². The minimum absolute atomic E-state index is 0.602. The monoisotopic (exact) mass is 284 g/mol. The molecule has 0 amide bonds. The third-order valence-electron chi connectivity index (χ3n) is 4.62. The smallest absolute Gasteiger partial charge is 0.227 e. The van der Waals surface area contributed by atoms with Crippen LogP contribution in [0.1, 0.15) is 37.3 Å². The van der Waals surface area contributed by atoms with Crippen molar-refractivity contribution in [3.8, 4) is 11.5 Å². The van der Waals surface area contributed by atoms with Gasteiger partial charge in [-0.15, -0.1) is 0 Å². The Kier molecular flexibility index (Phi) is 3.22. The third kappa shape index (κ3) is 2.70. The summed E-state index contributed by atoms with van der Waals surface area (Å²) in [6.07, 6.45) is 6.01. The summed E-state index contributed by atoms with van der Waals surface area (Å²) in [6, 6.07) is 7.27. The number of fused-ring (bicyclic) bond motifs is 2. The molecule has 1 N–H and O–H groups in total. The third-order valence-corrected chi connectivity index (χ3v) is 4.62. The van der Waals surface area contributed by atoms with Crippen molar-refractivity contribution in [2.75, 3.05) is 0 Å². The zero-order chi connectivity index (χ0) is 14.2. The highest BCUT2D eigenvalue weighted by Crippen LogP contribution is 2.32. The Labute approximate surface area is 124 Å². The molecule has 2 bridgehead atoms. The quantitative estimate of drug-likeness (QED) is 0.938. The molecule has 2 unspecified atom stereocenters. The Morgan fingerprint density at radius 2 is 2.00 bits per heavy atom. The Morgan fingerprint density at radius 1 is 1.19 bits per heavy atom. The lowest BCUT2D eigenvalue weighted by Gasteiger charge is -2.27. The predicted molar refractivity (Wildman–Crippen MR) is 78.6 cm³/mol. The van der Waals surface area contributed by atoms with Gasteiger partial charge in [0.25, 0.3) is 0 Å². The average Bonchev–Trinajstić information content (AvgIpc) is 3.06. The van der Waals surface area contributed by atoms with Gasteiger partial charge >= 0.3 is 0 Å². The van der Waals surface area contributed by atoms with Crippen molar-refractivity contribution in [2.24, 2.45) is 5.92 Å². The van der Waals surface area contributed by atoms with Gasteiger partial charge in [-0.1, -0.05) is 11.2 Å². The fourth-order valence-electron chi connectivity index (χ4n) is 3.70. The lowest BCUT2D eigenvalue weighted by atomic mass is 9.90. The van der Waals surface area contributed by atoms with Crippen LogP contribution < -0.4 is 5.32 Å². The van der Waals surface area contributed by atoms with Crippen LogP contribution in [-0.2, 0) is 6.42 Å². The second kappa shape index (κ2) is 5.22. The highest BCUT2D eigenvalue weighted by molar-refractivity contribution is 5.47. The minimum Gasteiger partial charge on any atom is -0.339 e. The number of aromatic nitrogens is 3. The van der Waals surface area contributed by atoms with Crippen molar-refractivity contribution in [1.29, 1.82) is 0 Å². The van der Waals surface area contributed by atoms with Gasteiger partial charge in [0.1, 0.15) is 5.69 Å². The van der Waals surface area contributed by atoms with Gasteiger partial charge in [0.05, 0.1) is 0 Å². The molecule has 2 fully saturated rings. The Balaban J connectivity index is 1.47. The molecule has 0 radical (unpaired) electrons. The van der Waals surface area contributed by atoms with Crippen LogP contribution in [0.4, 0.5) is 0 Å². The average molecular weight is 284 g/mol. The molecule has 21 heavy (non-hydrogen) atoms. The highest BCUT2D eigenvalue weighted by atomic mass is 16.5. The van der Waals surface area contributed by atoms with Gasteiger partial charge in [0, 0.05) is 24.2 Å². The van der Waals surface area contributed by atoms with E-state index in [0.29, 0.717) is 23.8 Å². The lowest BCUT2D eigenvalue weighted by molar-refractivity contribution is 0.270. The van der Waals surface area contributed by atoms with Gasteiger partial charge in [-0.25, -0.2) is 4.98 Å². The molecule has 0 spiro atoms. The maximum absolute atomic E-state index is 5.43. The first-order valence-electron chi connectivity index (χ1n) is 7.79. The molecule has 4 heterocycles. The van der Waals surface area contributed by atoms with Crippen molar-refractivity contribution >= 4 is 0 Å². The van der Waals surface area contributed by atoms with Crippen molar-refractivity contribution in [3.05, 3.63) is 29.8 Å². The van der Waals surface area contributed by atoms with Gasteiger partial charge in [0.2, 0.25) is 11.7 Å². The molecule has 5 heteroatoms. The summed E-state index contributed by atoms with van der Waals surface area (Å²) < 4.78 is 5.43. The number of aryl methyl sites for hydroxylation is 1. The van der Waals surface area contributed by atoms with E-state index in [1.165, 1.54) is 25.7 Å². The summed E-state index contributed by atoms with van der Waals surface area (Å²) in [6.45, 7) is 1.97. The fourth-order valence-corrected chi connectivity index (χ4v) is 3.70. The van der Waals surface area contributed by atoms with Crippen molar-refractivity contribution in [1.82, 2.24) is 20.4 Å². The van der Waals surface area contributed by atoms with E-state index in [1.54, 1.807) is 0 Å². The van der Waals surface area contributed by atoms with Crippen molar-refractivity contribution < 1.29 is 4.52 Å². The molecule has 110 valence electrons. The van der Waals surface area contributed by atoms with Crippen LogP contribution in [0, 0.1) is 12.8 Å². The van der Waals surface area contributed by atoms with Crippen LogP contribution in [0.25, 0.3) is 11.5 Å². The maximum atomic E-state index is 5.43. The second-order valence-electron chi connectivity index (χ2n) is 6.36. The molecule has 2 aliphatic rings. The fraction of sp³-hybridized carbons (Fsp3) is 0.562. The van der Waals surface area contributed by atoms with E-state index in [-0.39, 0.29) is 0 Å². The first kappa shape index (κ1) is 13.0. The van der Waals surface area contributed by atoms with Gasteiger partial charge in [-0.05, 0) is 50.7 Å². The number of rotatable bonds is 3. The molecular formula is C16H20N4O. The molecule has 0 aliphatic carbocycles. The first-order valence-corrected chi connectivity index (χ1v) is 7.79. The van der Waals surface area contributed by atoms with Gasteiger partial charge in [-0.3, -0.25) is 0 Å². The minimum atomic E-state index is 0.602. The van der Waals surface area contributed by atoms with E-state index in [2.05, 4.69) is 20.4 Å². The number of nitrogens with one attached hydrogen (secondary N) is 1. The molecule has 2 aromatic rings. The van der Waals surface area contributed by atoms with E-state index in [1.807, 2.05) is 25.1 Å². The summed E-state index contributed by atoms with van der Waals surface area (Å²) in [5, 5.41) is 7.75. The zero-order valence-corrected chi connectivity index (χ0v) is 12.2. The number of hydrogen-bond donors (Lipinski definition) is 1. The predicted octanol–water partition coefficient (Wildman–Crippen LogP) is 2.51. The summed E-state index contributed by atoms with van der Waals surface area (Å²) in [7, 11) is 0. The molecule has 2 atom stereocenters. The Morgan fingerprint density at radius 3 is 2.76 bits per heavy atom. The van der Waals surface area contributed by atoms with Crippen molar-refractivity contribution in [2.45, 2.75) is 51.1 Å². The van der Waals surface area contributed by atoms with Crippen LogP contribution in [0.15, 0.2) is 22.7 Å². The van der Waals surface area contributed by atoms with Crippen LogP contribution >= 0.6 is 0 Å². The number of hydrogen-bond acceptors (Lipinski definition) is 5. The standard InChI is InChI=1S/C16H20N4O/c1-10-3-2-4-14(17-10)16-19-15(21-20-16)9-11-7-12-5-6-13(8-11)18-12/h2-4,11-13,18H,5-9H2,1H3. The number of piperidine rings is 1. The Hall–Kier alpha value is -1.75. The summed E-state index contributed by atoms with van der Waals surface area (Å²) in [5.41, 5.74) is 1.75. The summed E-state index contributed by atoms with van der Waals surface area (Å²) in [4.78, 5) is 8.97. The second-order valence-corrected chi connectivity index (χ2v) is 6.36. The van der Waals surface area contributed by atoms with Crippen LogP contribution in [0.2, 0.25) is 0 Å². The Bertz CT molecular complexity index is 627. The molecule has 4 rings (SSSR count). The van der Waals surface area contributed by atoms with Crippen LogP contribution in [-0.4, -0.2) is 27.2 Å². The van der Waals surface area contributed by atoms with Crippen LogP contribution in [0.3, 0.4) is 0 Å². The topological polar surface area (TPSA) is 63.8 Å². The number of nitrogens with zero attached hydrogens (tertiary/aromatic N) is 3. The summed E-state index contributed by atoms with van der Waals surface area (Å²) in [5.74, 6) is 2.02. The van der Waals surface area contributed by atoms with E-state index < -0.39 is 0 Å². The molecule has 0 aromatic carbocycles. The van der Waals surface area contributed by atoms with Crippen LogP contribution in [0.5, 0.6) is 0 Å². The molecule has 0 saturated carbocycles. The largest absolute Gasteiger partial charge is 0.339 e. The van der Waals surface area contributed by atoms with Gasteiger partial charge < -0.3 is 9.84 Å². The van der Waals surface area contributed by atoms with Gasteiger partial charge in [-0.2, -0.15) is 4.98 Å². The molecule has 2 aromatic heterocycles. The first-order chi connectivity index (χ1) is 10.3. The van der Waals surface area contributed by atoms with Gasteiger partial charge in [0.15, 0.2) is 0 Å². The lowest BCUT2D eigenvalue weighted by Crippen LogP contribution is -2.38. The summed E-state index contributed by atoms with van der Waals surface area (Å²) >= 11 is 0. The number of pyridine rings is 1. The molecule has 5 nitrogen and oxygen atoms in total. The SMILES string of the molecule is Cc1cccc(-c2noc(CC3CC4CCC(C3)N4)n2)n1. The van der Waals surface area contributed by atoms with E-state index >= 15 is 0 Å². The van der Waals surface area contributed by atoms with Crippen molar-refractivity contribution in [3.63, 3.8) is 0 Å².